The average Bonchev–Trinajstić information content (AvgIpc) is 2.42. The van der Waals surface area contributed by atoms with Gasteiger partial charge in [-0.2, -0.15) is 0 Å². The average molecular weight is 251 g/mol. The second-order valence-corrected chi connectivity index (χ2v) is 3.60. The number of para-hydroxylation sites is 1. The zero-order chi connectivity index (χ0) is 13.2. The van der Waals surface area contributed by atoms with E-state index in [0.29, 0.717) is 13.0 Å². The van der Waals surface area contributed by atoms with E-state index in [1.54, 1.807) is 0 Å². The summed E-state index contributed by atoms with van der Waals surface area (Å²) in [5.41, 5.74) is 0. The van der Waals surface area contributed by atoms with Gasteiger partial charge in [-0.1, -0.05) is 18.2 Å². The Bertz CT molecular complexity index is 378. The van der Waals surface area contributed by atoms with Gasteiger partial charge in [0.1, 0.15) is 5.75 Å². The molecule has 0 heterocycles. The van der Waals surface area contributed by atoms with E-state index < -0.39 is 5.97 Å². The predicted octanol–water partition coefficient (Wildman–Crippen LogP) is 1.13. The summed E-state index contributed by atoms with van der Waals surface area (Å²) < 4.78 is 10.2. The van der Waals surface area contributed by atoms with Gasteiger partial charge >= 0.3 is 5.97 Å². The van der Waals surface area contributed by atoms with Crippen LogP contribution in [-0.2, 0) is 14.3 Å². The summed E-state index contributed by atoms with van der Waals surface area (Å²) in [7, 11) is 1.49. The fourth-order valence-corrected chi connectivity index (χ4v) is 1.21. The summed E-state index contributed by atoms with van der Waals surface area (Å²) in [5.74, 6) is 0.0652. The van der Waals surface area contributed by atoms with Crippen LogP contribution in [0.25, 0.3) is 0 Å². The van der Waals surface area contributed by atoms with Gasteiger partial charge < -0.3 is 14.8 Å². The third-order valence-electron chi connectivity index (χ3n) is 2.18. The van der Waals surface area contributed by atoms with Crippen molar-refractivity contribution in [3.8, 4) is 5.75 Å². The van der Waals surface area contributed by atoms with Crippen LogP contribution < -0.4 is 10.1 Å². The fourth-order valence-electron chi connectivity index (χ4n) is 1.21. The van der Waals surface area contributed by atoms with Crippen molar-refractivity contribution in [1.29, 1.82) is 0 Å². The summed E-state index contributed by atoms with van der Waals surface area (Å²) in [6, 6.07) is 9.37. The number of benzene rings is 1. The maximum absolute atomic E-state index is 11.2. The maximum atomic E-state index is 11.2. The van der Waals surface area contributed by atoms with Crippen molar-refractivity contribution < 1.29 is 19.1 Å². The van der Waals surface area contributed by atoms with Crippen LogP contribution in [0.5, 0.6) is 5.75 Å². The molecule has 0 aromatic heterocycles. The first kappa shape index (κ1) is 14.0. The Labute approximate surface area is 106 Å². The van der Waals surface area contributed by atoms with Crippen molar-refractivity contribution in [2.45, 2.75) is 12.8 Å². The Morgan fingerprint density at radius 3 is 2.61 bits per heavy atom. The molecule has 1 amide bonds. The van der Waals surface area contributed by atoms with Crippen LogP contribution in [0.1, 0.15) is 12.8 Å². The first-order chi connectivity index (χ1) is 8.72. The first-order valence-electron chi connectivity index (χ1n) is 5.76. The smallest absolute Gasteiger partial charge is 0.306 e. The lowest BCUT2D eigenvalue weighted by Gasteiger charge is -2.06. The molecule has 0 unspecified atom stereocenters. The lowest BCUT2D eigenvalue weighted by molar-refractivity contribution is -0.148. The zero-order valence-corrected chi connectivity index (χ0v) is 10.3. The molecule has 98 valence electrons. The second kappa shape index (κ2) is 8.11. The Morgan fingerprint density at radius 1 is 1.22 bits per heavy atom. The molecule has 5 heteroatoms. The largest absolute Gasteiger partial charge is 0.494 e. The van der Waals surface area contributed by atoms with E-state index in [9.17, 15) is 9.59 Å². The molecule has 0 aliphatic carbocycles. The van der Waals surface area contributed by atoms with Crippen LogP contribution in [0.15, 0.2) is 30.3 Å². The van der Waals surface area contributed by atoms with Gasteiger partial charge in [0.15, 0.2) is 6.61 Å². The summed E-state index contributed by atoms with van der Waals surface area (Å²) in [6.07, 6.45) is 0.797. The lowest BCUT2D eigenvalue weighted by Crippen LogP contribution is -2.25. The summed E-state index contributed by atoms with van der Waals surface area (Å²) in [5, 5.41) is 2.37. The first-order valence-corrected chi connectivity index (χ1v) is 5.76. The second-order valence-electron chi connectivity index (χ2n) is 3.60. The van der Waals surface area contributed by atoms with E-state index in [1.807, 2.05) is 30.3 Å². The van der Waals surface area contributed by atoms with E-state index in [2.05, 4.69) is 5.32 Å². The topological polar surface area (TPSA) is 64.6 Å². The molecule has 1 aromatic rings. The van der Waals surface area contributed by atoms with Crippen molar-refractivity contribution in [2.75, 3.05) is 20.3 Å². The Morgan fingerprint density at radius 2 is 1.94 bits per heavy atom. The normalized spacial score (nSPS) is 9.61. The van der Waals surface area contributed by atoms with Crippen molar-refractivity contribution in [3.63, 3.8) is 0 Å². The van der Waals surface area contributed by atoms with Gasteiger partial charge in [-0.25, -0.2) is 0 Å². The molecule has 5 nitrogen and oxygen atoms in total. The van der Waals surface area contributed by atoms with E-state index in [0.717, 1.165) is 5.75 Å². The molecule has 1 N–H and O–H groups in total. The van der Waals surface area contributed by atoms with Crippen LogP contribution in [0.4, 0.5) is 0 Å². The van der Waals surface area contributed by atoms with Crippen molar-refractivity contribution in [3.05, 3.63) is 30.3 Å². The standard InChI is InChI=1S/C13H17NO4/c1-14-12(15)10-18-13(16)8-5-9-17-11-6-3-2-4-7-11/h2-4,6-7H,5,8-10H2,1H3,(H,14,15). The zero-order valence-electron chi connectivity index (χ0n) is 10.3. The molecule has 1 rings (SSSR count). The number of carbonyl (C=O) groups excluding carboxylic acids is 2. The molecule has 0 aliphatic heterocycles. The van der Waals surface area contributed by atoms with Crippen molar-refractivity contribution in [1.82, 2.24) is 5.32 Å². The Balaban J connectivity index is 2.07. The highest BCUT2D eigenvalue weighted by Crippen LogP contribution is 2.08. The van der Waals surface area contributed by atoms with Gasteiger partial charge in [0, 0.05) is 13.5 Å². The number of likely N-dealkylation sites (N-methyl/N-ethyl adjacent to an activating group) is 1. The quantitative estimate of drug-likeness (QED) is 0.583. The van der Waals surface area contributed by atoms with Crippen LogP contribution in [0.3, 0.4) is 0 Å². The SMILES string of the molecule is CNC(=O)COC(=O)CCCOc1ccccc1. The van der Waals surface area contributed by atoms with E-state index in [4.69, 9.17) is 9.47 Å². The third kappa shape index (κ3) is 5.89. The molecule has 18 heavy (non-hydrogen) atoms. The summed E-state index contributed by atoms with van der Waals surface area (Å²) in [6.45, 7) is 0.216. The Kier molecular flexibility index (Phi) is 6.32. The molecular formula is C13H17NO4. The number of esters is 1. The number of amides is 1. The Hall–Kier alpha value is -2.04. The summed E-state index contributed by atoms with van der Waals surface area (Å²) >= 11 is 0. The summed E-state index contributed by atoms with van der Waals surface area (Å²) in [4.78, 5) is 22.0. The number of ether oxygens (including phenoxy) is 2. The van der Waals surface area contributed by atoms with Gasteiger partial charge in [-0.3, -0.25) is 9.59 Å². The predicted molar refractivity (Wildman–Crippen MR) is 66.2 cm³/mol. The minimum Gasteiger partial charge on any atom is -0.494 e. The highest BCUT2D eigenvalue weighted by atomic mass is 16.5. The van der Waals surface area contributed by atoms with Crippen LogP contribution >= 0.6 is 0 Å². The lowest BCUT2D eigenvalue weighted by atomic mass is 10.3. The molecule has 0 atom stereocenters. The molecular weight excluding hydrogens is 234 g/mol. The van der Waals surface area contributed by atoms with Gasteiger partial charge in [0.25, 0.3) is 5.91 Å². The van der Waals surface area contributed by atoms with Crippen LogP contribution in [-0.4, -0.2) is 32.1 Å². The highest BCUT2D eigenvalue weighted by molar-refractivity contribution is 5.80. The molecule has 0 fully saturated rings. The van der Waals surface area contributed by atoms with Crippen LogP contribution in [0, 0.1) is 0 Å². The number of nitrogens with one attached hydrogen (secondary N) is 1. The van der Waals surface area contributed by atoms with Crippen LogP contribution in [0.2, 0.25) is 0 Å². The van der Waals surface area contributed by atoms with Gasteiger partial charge in [-0.15, -0.1) is 0 Å². The molecule has 1 aromatic carbocycles. The minimum atomic E-state index is -0.393. The molecule has 0 aliphatic rings. The van der Waals surface area contributed by atoms with Crippen molar-refractivity contribution in [2.24, 2.45) is 0 Å². The van der Waals surface area contributed by atoms with E-state index >= 15 is 0 Å². The van der Waals surface area contributed by atoms with Gasteiger partial charge in [0.2, 0.25) is 0 Å². The van der Waals surface area contributed by atoms with E-state index in [1.165, 1.54) is 7.05 Å². The van der Waals surface area contributed by atoms with Gasteiger partial charge in [0.05, 0.1) is 6.61 Å². The molecule has 0 bridgehead atoms. The molecule has 0 spiro atoms. The van der Waals surface area contributed by atoms with E-state index in [-0.39, 0.29) is 18.9 Å². The number of carbonyl (C=O) groups is 2. The maximum Gasteiger partial charge on any atom is 0.306 e. The van der Waals surface area contributed by atoms with Crippen molar-refractivity contribution >= 4 is 11.9 Å². The monoisotopic (exact) mass is 251 g/mol. The third-order valence-corrected chi connectivity index (χ3v) is 2.18. The number of hydrogen-bond donors (Lipinski definition) is 1. The minimum absolute atomic E-state index is 0.227. The molecule has 0 saturated carbocycles. The molecule has 0 saturated heterocycles. The number of hydrogen-bond acceptors (Lipinski definition) is 4. The van der Waals surface area contributed by atoms with Gasteiger partial charge in [-0.05, 0) is 18.6 Å². The molecule has 0 radical (unpaired) electrons. The number of rotatable bonds is 7. The fraction of sp³-hybridized carbons (Fsp3) is 0.385. The highest BCUT2D eigenvalue weighted by Gasteiger charge is 2.05.